The predicted octanol–water partition coefficient (Wildman–Crippen LogP) is -0.0460. The number of aliphatic hydroxyl groups excluding tert-OH is 1. The highest BCUT2D eigenvalue weighted by atomic mass is 16.3. The minimum absolute atomic E-state index is 0.338. The Bertz CT molecular complexity index is 20.9. The highest BCUT2D eigenvalue weighted by Gasteiger charge is 1.81. The Kier molecular flexibility index (Phi) is 2.28. The van der Waals surface area contributed by atoms with E-state index in [1.54, 1.807) is 6.92 Å². The van der Waals surface area contributed by atoms with Gasteiger partial charge in [-0.05, 0) is 6.92 Å². The molecule has 1 unspecified atom stereocenters. The highest BCUT2D eigenvalue weighted by molar-refractivity contribution is 6.08. The molecule has 1 N–H and O–H groups in total. The van der Waals surface area contributed by atoms with Crippen LogP contribution in [0.4, 0.5) is 0 Å². The molecule has 0 spiro atoms. The van der Waals surface area contributed by atoms with Gasteiger partial charge in [-0.15, -0.1) is 0 Å². The van der Waals surface area contributed by atoms with Crippen molar-refractivity contribution in [2.45, 2.75) is 19.3 Å². The van der Waals surface area contributed by atoms with Gasteiger partial charge in [0.1, 0.15) is 0 Å². The van der Waals surface area contributed by atoms with E-state index in [0.717, 1.165) is 0 Å². The van der Waals surface area contributed by atoms with Crippen LogP contribution in [0, 0.1) is 0 Å². The fraction of sp³-hybridized carbons (Fsp3) is 1.00. The Morgan fingerprint density at radius 1 is 2.00 bits per heavy atom. The maximum atomic E-state index is 8.24. The molecule has 0 fully saturated rings. The zero-order chi connectivity index (χ0) is 4.28. The largest absolute Gasteiger partial charge is 0.394 e. The van der Waals surface area contributed by atoms with Crippen molar-refractivity contribution in [1.29, 1.82) is 0 Å². The molecule has 0 saturated heterocycles. The van der Waals surface area contributed by atoms with Crippen LogP contribution < -0.4 is 0 Å². The average Bonchev–Trinajstić information content (AvgIpc) is 1.38. The molecule has 0 bridgehead atoms. The quantitative estimate of drug-likeness (QED) is 0.429. The van der Waals surface area contributed by atoms with E-state index in [2.05, 4.69) is 0 Å². The molecule has 5 heavy (non-hydrogen) atoms. The second-order valence-electron chi connectivity index (χ2n) is 1.08. The van der Waals surface area contributed by atoms with Crippen molar-refractivity contribution in [2.24, 2.45) is 0 Å². The van der Waals surface area contributed by atoms with Gasteiger partial charge in [0, 0.05) is 6.10 Å². The highest BCUT2D eigenvalue weighted by Crippen LogP contribution is 1.79. The first kappa shape index (κ1) is 5.02. The van der Waals surface area contributed by atoms with Crippen molar-refractivity contribution < 1.29 is 5.11 Å². The monoisotopic (exact) mass is 70.1 g/mol. The number of rotatable bonds is 1. The van der Waals surface area contributed by atoms with Gasteiger partial charge in [-0.1, -0.05) is 6.32 Å². The van der Waals surface area contributed by atoms with Crippen molar-refractivity contribution in [3.63, 3.8) is 0 Å². The van der Waals surface area contributed by atoms with Crippen molar-refractivity contribution in [3.8, 4) is 0 Å². The fourth-order valence-electron chi connectivity index (χ4n) is 0. The number of aliphatic hydroxyl groups is 1. The summed E-state index contributed by atoms with van der Waals surface area (Å²) in [5, 5.41) is 8.24. The lowest BCUT2D eigenvalue weighted by molar-refractivity contribution is 0.216. The summed E-state index contributed by atoms with van der Waals surface area (Å²) in [7, 11) is 4.92. The van der Waals surface area contributed by atoms with Gasteiger partial charge in [0.2, 0.25) is 0 Å². The van der Waals surface area contributed by atoms with E-state index in [1.807, 2.05) is 0 Å². The van der Waals surface area contributed by atoms with E-state index < -0.39 is 0 Å². The third-order valence-corrected chi connectivity index (χ3v) is 0.341. The van der Waals surface area contributed by atoms with E-state index in [0.29, 0.717) is 6.32 Å². The van der Waals surface area contributed by atoms with Crippen LogP contribution in [0.1, 0.15) is 6.92 Å². The summed E-state index contributed by atoms with van der Waals surface area (Å²) >= 11 is 0. The normalized spacial score (nSPS) is 14.8. The summed E-state index contributed by atoms with van der Waals surface area (Å²) in [5.41, 5.74) is 0. The molecular formula is C3H7BO. The van der Waals surface area contributed by atoms with Crippen molar-refractivity contribution >= 4 is 7.85 Å². The van der Waals surface area contributed by atoms with Crippen LogP contribution in [-0.4, -0.2) is 19.1 Å². The second kappa shape index (κ2) is 2.27. The number of hydrogen-bond acceptors (Lipinski definition) is 1. The lowest BCUT2D eigenvalue weighted by Crippen LogP contribution is -1.94. The Balaban J connectivity index is 2.54. The number of hydrogen-bond donors (Lipinski definition) is 1. The molecule has 0 rings (SSSR count). The molecule has 28 valence electrons. The second-order valence-corrected chi connectivity index (χ2v) is 1.08. The molecule has 0 aromatic heterocycles. The third-order valence-electron chi connectivity index (χ3n) is 0.341. The minimum atomic E-state index is -0.338. The van der Waals surface area contributed by atoms with Crippen molar-refractivity contribution in [3.05, 3.63) is 0 Å². The molecule has 0 aliphatic carbocycles. The van der Waals surface area contributed by atoms with Crippen LogP contribution in [0.5, 0.6) is 0 Å². The smallest absolute Gasteiger partial charge is 0.0687 e. The molecule has 0 heterocycles. The molecule has 0 aliphatic rings. The van der Waals surface area contributed by atoms with E-state index in [1.165, 1.54) is 0 Å². The first-order valence-corrected chi connectivity index (χ1v) is 1.65. The van der Waals surface area contributed by atoms with E-state index in [4.69, 9.17) is 13.0 Å². The van der Waals surface area contributed by atoms with Gasteiger partial charge in [0.25, 0.3) is 0 Å². The van der Waals surface area contributed by atoms with Crippen molar-refractivity contribution in [1.82, 2.24) is 0 Å². The summed E-state index contributed by atoms with van der Waals surface area (Å²) in [4.78, 5) is 0. The minimum Gasteiger partial charge on any atom is -0.394 e. The van der Waals surface area contributed by atoms with Crippen molar-refractivity contribution in [2.75, 3.05) is 0 Å². The summed E-state index contributed by atoms with van der Waals surface area (Å²) in [6.45, 7) is 1.65. The zero-order valence-corrected chi connectivity index (χ0v) is 3.31. The molecule has 0 saturated carbocycles. The lowest BCUT2D eigenvalue weighted by atomic mass is 10.0. The summed E-state index contributed by atoms with van der Waals surface area (Å²) < 4.78 is 0. The topological polar surface area (TPSA) is 20.2 Å². The fourth-order valence-corrected chi connectivity index (χ4v) is 0. The van der Waals surface area contributed by atoms with Gasteiger partial charge in [0.15, 0.2) is 0 Å². The van der Waals surface area contributed by atoms with Gasteiger partial charge in [-0.3, -0.25) is 0 Å². The van der Waals surface area contributed by atoms with Gasteiger partial charge in [-0.2, -0.15) is 0 Å². The Labute approximate surface area is 33.4 Å². The molecule has 0 aromatic rings. The average molecular weight is 69.9 g/mol. The summed E-state index contributed by atoms with van der Waals surface area (Å²) in [6.07, 6.45) is 0.0231. The third kappa shape index (κ3) is 4.02. The molecular weight excluding hydrogens is 62.8 g/mol. The SMILES string of the molecule is [B]CC(C)O. The van der Waals surface area contributed by atoms with Crippen LogP contribution in [0.25, 0.3) is 0 Å². The van der Waals surface area contributed by atoms with Crippen LogP contribution in [0.15, 0.2) is 0 Å². The van der Waals surface area contributed by atoms with Gasteiger partial charge >= 0.3 is 0 Å². The van der Waals surface area contributed by atoms with Crippen LogP contribution in [0.2, 0.25) is 6.32 Å². The molecule has 2 radical (unpaired) electrons. The van der Waals surface area contributed by atoms with E-state index in [-0.39, 0.29) is 6.10 Å². The van der Waals surface area contributed by atoms with Crippen LogP contribution >= 0.6 is 0 Å². The van der Waals surface area contributed by atoms with E-state index >= 15 is 0 Å². The van der Waals surface area contributed by atoms with Gasteiger partial charge in [0.05, 0.1) is 7.85 Å². The van der Waals surface area contributed by atoms with Crippen LogP contribution in [0.3, 0.4) is 0 Å². The molecule has 2 heteroatoms. The summed E-state index contributed by atoms with van der Waals surface area (Å²) in [6, 6.07) is 0. The standard InChI is InChI=1S/C3H7BO/c1-3(5)2-4/h3,5H,2H2,1H3. The molecule has 0 aliphatic heterocycles. The predicted molar refractivity (Wildman–Crippen MR) is 22.2 cm³/mol. The Hall–Kier alpha value is 0.0249. The first-order valence-electron chi connectivity index (χ1n) is 1.65. The van der Waals surface area contributed by atoms with Gasteiger partial charge in [-0.25, -0.2) is 0 Å². The molecule has 0 amide bonds. The lowest BCUT2D eigenvalue weighted by Gasteiger charge is -1.90. The van der Waals surface area contributed by atoms with Gasteiger partial charge < -0.3 is 5.11 Å². The maximum Gasteiger partial charge on any atom is 0.0687 e. The van der Waals surface area contributed by atoms with E-state index in [9.17, 15) is 0 Å². The molecule has 0 aromatic carbocycles. The molecule has 1 nitrogen and oxygen atoms in total. The first-order chi connectivity index (χ1) is 2.27. The molecule has 1 atom stereocenters. The maximum absolute atomic E-state index is 8.24. The summed E-state index contributed by atoms with van der Waals surface area (Å²) in [5.74, 6) is 0. The Morgan fingerprint density at radius 2 is 2.20 bits per heavy atom. The van der Waals surface area contributed by atoms with Crippen LogP contribution in [-0.2, 0) is 0 Å². The Morgan fingerprint density at radius 3 is 2.20 bits per heavy atom. The zero-order valence-electron chi connectivity index (χ0n) is 3.31.